The van der Waals surface area contributed by atoms with Crippen molar-refractivity contribution >= 4 is 27.5 Å². The zero-order valence-corrected chi connectivity index (χ0v) is 14.2. The maximum Gasteiger partial charge on any atom is 0.224 e. The number of thiazole rings is 1. The first kappa shape index (κ1) is 15.5. The predicted molar refractivity (Wildman–Crippen MR) is 98.7 cm³/mol. The zero-order chi connectivity index (χ0) is 17.1. The van der Waals surface area contributed by atoms with E-state index in [2.05, 4.69) is 15.4 Å². The molecular weight excluding hydrogens is 332 g/mol. The molecule has 0 unspecified atom stereocenters. The van der Waals surface area contributed by atoms with Gasteiger partial charge in [0.1, 0.15) is 5.01 Å². The van der Waals surface area contributed by atoms with Crippen LogP contribution < -0.4 is 5.32 Å². The van der Waals surface area contributed by atoms with Crippen molar-refractivity contribution in [3.8, 4) is 5.69 Å². The normalized spacial score (nSPS) is 10.9. The molecule has 1 amide bonds. The molecule has 2 aromatic heterocycles. The molecule has 0 radical (unpaired) electrons. The van der Waals surface area contributed by atoms with Crippen LogP contribution in [0, 0.1) is 0 Å². The first-order valence-corrected chi connectivity index (χ1v) is 8.80. The lowest BCUT2D eigenvalue weighted by Crippen LogP contribution is -2.24. The molecular formula is C19H16N4OS. The van der Waals surface area contributed by atoms with Crippen molar-refractivity contribution in [2.75, 3.05) is 0 Å². The minimum absolute atomic E-state index is 0.00825. The highest BCUT2D eigenvalue weighted by Gasteiger charge is 2.07. The Bertz CT molecular complexity index is 957. The Morgan fingerprint density at radius 2 is 1.92 bits per heavy atom. The Hall–Kier alpha value is -2.99. The van der Waals surface area contributed by atoms with Crippen LogP contribution in [0.25, 0.3) is 15.9 Å². The molecule has 0 bridgehead atoms. The third-order valence-electron chi connectivity index (χ3n) is 3.84. The number of nitrogens with one attached hydrogen (secondary N) is 1. The van der Waals surface area contributed by atoms with Gasteiger partial charge in [0.05, 0.1) is 28.9 Å². The molecule has 0 aliphatic carbocycles. The van der Waals surface area contributed by atoms with Gasteiger partial charge in [0.25, 0.3) is 0 Å². The second-order valence-electron chi connectivity index (χ2n) is 5.65. The van der Waals surface area contributed by atoms with Crippen molar-refractivity contribution < 1.29 is 4.79 Å². The molecule has 0 atom stereocenters. The lowest BCUT2D eigenvalue weighted by Gasteiger charge is -2.05. The largest absolute Gasteiger partial charge is 0.349 e. The zero-order valence-electron chi connectivity index (χ0n) is 13.4. The average Bonchev–Trinajstić information content (AvgIpc) is 3.30. The van der Waals surface area contributed by atoms with Crippen LogP contribution in [-0.4, -0.2) is 20.7 Å². The van der Waals surface area contributed by atoms with E-state index in [0.717, 1.165) is 26.5 Å². The van der Waals surface area contributed by atoms with Gasteiger partial charge < -0.3 is 5.32 Å². The number of aromatic nitrogens is 3. The summed E-state index contributed by atoms with van der Waals surface area (Å²) in [6.45, 7) is 0.462. The number of rotatable bonds is 5. The summed E-state index contributed by atoms with van der Waals surface area (Å²) >= 11 is 1.61. The highest BCUT2D eigenvalue weighted by Crippen LogP contribution is 2.21. The van der Waals surface area contributed by atoms with Gasteiger partial charge in [0, 0.05) is 12.4 Å². The molecule has 1 N–H and O–H groups in total. The van der Waals surface area contributed by atoms with E-state index < -0.39 is 0 Å². The highest BCUT2D eigenvalue weighted by atomic mass is 32.1. The molecule has 2 aromatic carbocycles. The number of hydrogen-bond donors (Lipinski definition) is 1. The molecule has 0 saturated heterocycles. The van der Waals surface area contributed by atoms with Gasteiger partial charge in [0.15, 0.2) is 0 Å². The van der Waals surface area contributed by atoms with Crippen molar-refractivity contribution in [1.82, 2.24) is 20.1 Å². The summed E-state index contributed by atoms with van der Waals surface area (Å²) in [6, 6.07) is 17.7. The number of hydrogen-bond acceptors (Lipinski definition) is 4. The van der Waals surface area contributed by atoms with Crippen molar-refractivity contribution in [2.45, 2.75) is 13.0 Å². The van der Waals surface area contributed by atoms with Crippen LogP contribution in [0.1, 0.15) is 10.6 Å². The van der Waals surface area contributed by atoms with Gasteiger partial charge in [-0.25, -0.2) is 9.67 Å². The summed E-state index contributed by atoms with van der Waals surface area (Å²) in [4.78, 5) is 16.7. The molecule has 5 nitrogen and oxygen atoms in total. The molecule has 4 rings (SSSR count). The number of benzene rings is 2. The van der Waals surface area contributed by atoms with E-state index in [1.54, 1.807) is 22.2 Å². The highest BCUT2D eigenvalue weighted by molar-refractivity contribution is 7.18. The maximum absolute atomic E-state index is 12.2. The summed E-state index contributed by atoms with van der Waals surface area (Å²) in [7, 11) is 0. The quantitative estimate of drug-likeness (QED) is 0.602. The van der Waals surface area contributed by atoms with E-state index in [1.165, 1.54) is 0 Å². The van der Waals surface area contributed by atoms with Gasteiger partial charge in [-0.2, -0.15) is 5.10 Å². The Balaban J connectivity index is 1.35. The topological polar surface area (TPSA) is 59.8 Å². The number of nitrogens with zero attached hydrogens (tertiary/aromatic N) is 3. The van der Waals surface area contributed by atoms with Gasteiger partial charge in [-0.3, -0.25) is 4.79 Å². The SMILES string of the molecule is O=C(Cc1ccc(-n2cccn2)cc1)NCc1nc2ccccc2s1. The molecule has 6 heteroatoms. The van der Waals surface area contributed by atoms with Crippen LogP contribution >= 0.6 is 11.3 Å². The molecule has 4 aromatic rings. The summed E-state index contributed by atoms with van der Waals surface area (Å²) in [5.41, 5.74) is 2.92. The van der Waals surface area contributed by atoms with E-state index in [0.29, 0.717) is 13.0 Å². The van der Waals surface area contributed by atoms with Crippen molar-refractivity contribution in [2.24, 2.45) is 0 Å². The van der Waals surface area contributed by atoms with E-state index in [4.69, 9.17) is 0 Å². The Morgan fingerprint density at radius 1 is 1.08 bits per heavy atom. The number of fused-ring (bicyclic) bond motifs is 1. The second-order valence-corrected chi connectivity index (χ2v) is 6.76. The third kappa shape index (κ3) is 3.59. The Labute approximate surface area is 149 Å². The van der Waals surface area contributed by atoms with Crippen LogP contribution in [0.15, 0.2) is 67.0 Å². The van der Waals surface area contributed by atoms with Gasteiger partial charge in [-0.15, -0.1) is 11.3 Å². The van der Waals surface area contributed by atoms with Crippen molar-refractivity contribution in [3.05, 3.63) is 77.6 Å². The van der Waals surface area contributed by atoms with Gasteiger partial charge in [-0.1, -0.05) is 24.3 Å². The summed E-state index contributed by atoms with van der Waals surface area (Å²) in [5.74, 6) is -0.00825. The molecule has 0 aliphatic rings. The fourth-order valence-electron chi connectivity index (χ4n) is 2.61. The van der Waals surface area contributed by atoms with Crippen molar-refractivity contribution in [3.63, 3.8) is 0 Å². The van der Waals surface area contributed by atoms with E-state index in [1.807, 2.05) is 60.8 Å². The van der Waals surface area contributed by atoms with Crippen LogP contribution in [0.3, 0.4) is 0 Å². The molecule has 124 valence electrons. The molecule has 0 spiro atoms. The van der Waals surface area contributed by atoms with Crippen LogP contribution in [0.5, 0.6) is 0 Å². The molecule has 25 heavy (non-hydrogen) atoms. The summed E-state index contributed by atoms with van der Waals surface area (Å²) in [6.07, 6.45) is 3.98. The van der Waals surface area contributed by atoms with Gasteiger partial charge in [-0.05, 0) is 35.9 Å². The molecule has 0 aliphatic heterocycles. The van der Waals surface area contributed by atoms with E-state index >= 15 is 0 Å². The van der Waals surface area contributed by atoms with Crippen LogP contribution in [-0.2, 0) is 17.8 Å². The number of para-hydroxylation sites is 1. The fourth-order valence-corrected chi connectivity index (χ4v) is 3.51. The number of amides is 1. The summed E-state index contributed by atoms with van der Waals surface area (Å²) in [5, 5.41) is 8.05. The minimum Gasteiger partial charge on any atom is -0.349 e. The van der Waals surface area contributed by atoms with Crippen molar-refractivity contribution in [1.29, 1.82) is 0 Å². The average molecular weight is 348 g/mol. The Morgan fingerprint density at radius 3 is 2.68 bits per heavy atom. The van der Waals surface area contributed by atoms with Gasteiger partial charge in [0.2, 0.25) is 5.91 Å². The maximum atomic E-state index is 12.2. The molecule has 0 fully saturated rings. The molecule has 2 heterocycles. The predicted octanol–water partition coefficient (Wildman–Crippen LogP) is 3.34. The van der Waals surface area contributed by atoms with Crippen LogP contribution in [0.2, 0.25) is 0 Å². The first-order valence-electron chi connectivity index (χ1n) is 7.98. The first-order chi connectivity index (χ1) is 12.3. The summed E-state index contributed by atoms with van der Waals surface area (Å²) < 4.78 is 2.93. The van der Waals surface area contributed by atoms with Crippen LogP contribution in [0.4, 0.5) is 0 Å². The monoisotopic (exact) mass is 348 g/mol. The fraction of sp³-hybridized carbons (Fsp3) is 0.105. The van der Waals surface area contributed by atoms with E-state index in [-0.39, 0.29) is 5.91 Å². The second kappa shape index (κ2) is 6.86. The Kier molecular flexibility index (Phi) is 4.26. The lowest BCUT2D eigenvalue weighted by atomic mass is 10.1. The van der Waals surface area contributed by atoms with E-state index in [9.17, 15) is 4.79 Å². The number of carbonyl (C=O) groups excluding carboxylic acids is 1. The van der Waals surface area contributed by atoms with Gasteiger partial charge >= 0.3 is 0 Å². The minimum atomic E-state index is -0.00825. The molecule has 0 saturated carbocycles. The smallest absolute Gasteiger partial charge is 0.224 e. The third-order valence-corrected chi connectivity index (χ3v) is 4.88. The standard InChI is InChI=1S/C19H16N4OS/c24-18(20-13-19-22-16-4-1-2-5-17(16)25-19)12-14-6-8-15(9-7-14)23-11-3-10-21-23/h1-11H,12-13H2,(H,20,24). The number of carbonyl (C=O) groups is 1. The lowest BCUT2D eigenvalue weighted by molar-refractivity contribution is -0.120.